The molecule has 1 unspecified atom stereocenters. The van der Waals surface area contributed by atoms with E-state index < -0.39 is 0 Å². The van der Waals surface area contributed by atoms with Crippen LogP contribution in [0.4, 0.5) is 0 Å². The highest BCUT2D eigenvalue weighted by Gasteiger charge is 2.28. The van der Waals surface area contributed by atoms with Crippen LogP contribution in [-0.4, -0.2) is 41.2 Å². The Balaban J connectivity index is 1.76. The molecule has 0 radical (unpaired) electrons. The molecule has 5 nitrogen and oxygen atoms in total. The van der Waals surface area contributed by atoms with E-state index in [4.69, 9.17) is 9.47 Å². The lowest BCUT2D eigenvalue weighted by Crippen LogP contribution is -2.51. The number of hydrogen-bond acceptors (Lipinski definition) is 4. The molecule has 1 aromatic heterocycles. The molecule has 2 rings (SSSR count). The summed E-state index contributed by atoms with van der Waals surface area (Å²) in [4.78, 5) is 0. The van der Waals surface area contributed by atoms with Gasteiger partial charge in [-0.1, -0.05) is 13.8 Å². The molecule has 21 heavy (non-hydrogen) atoms. The van der Waals surface area contributed by atoms with E-state index in [1.165, 1.54) is 0 Å². The minimum absolute atomic E-state index is 0.108. The number of rotatable bonds is 7. The van der Waals surface area contributed by atoms with Crippen LogP contribution in [0.3, 0.4) is 0 Å². The van der Waals surface area contributed by atoms with Crippen LogP contribution in [-0.2, 0) is 16.1 Å². The quantitative estimate of drug-likeness (QED) is 0.840. The number of morpholine rings is 1. The van der Waals surface area contributed by atoms with Gasteiger partial charge < -0.3 is 14.8 Å². The van der Waals surface area contributed by atoms with Crippen LogP contribution in [0.1, 0.15) is 52.3 Å². The zero-order valence-corrected chi connectivity index (χ0v) is 13.8. The molecule has 1 aromatic rings. The molecule has 0 spiro atoms. The maximum absolute atomic E-state index is 5.98. The number of hydrogen-bond donors (Lipinski definition) is 1. The van der Waals surface area contributed by atoms with E-state index in [0.29, 0.717) is 19.3 Å². The van der Waals surface area contributed by atoms with E-state index in [1.54, 1.807) is 0 Å². The lowest BCUT2D eigenvalue weighted by atomic mass is 10.1. The van der Waals surface area contributed by atoms with Crippen molar-refractivity contribution in [1.29, 1.82) is 0 Å². The summed E-state index contributed by atoms with van der Waals surface area (Å²) in [5, 5.41) is 7.98. The van der Waals surface area contributed by atoms with E-state index >= 15 is 0 Å². The zero-order valence-electron chi connectivity index (χ0n) is 13.8. The van der Waals surface area contributed by atoms with Crippen LogP contribution in [0.5, 0.6) is 0 Å². The Morgan fingerprint density at radius 1 is 1.48 bits per heavy atom. The molecule has 5 heteroatoms. The van der Waals surface area contributed by atoms with Crippen molar-refractivity contribution in [2.24, 2.45) is 0 Å². The van der Waals surface area contributed by atoms with E-state index in [-0.39, 0.29) is 11.7 Å². The fraction of sp³-hybridized carbons (Fsp3) is 0.812. The molecule has 1 fully saturated rings. The summed E-state index contributed by atoms with van der Waals surface area (Å²) in [7, 11) is 0. The first-order valence-corrected chi connectivity index (χ1v) is 8.04. The second kappa shape index (κ2) is 7.38. The summed E-state index contributed by atoms with van der Waals surface area (Å²) >= 11 is 0. The third-order valence-corrected chi connectivity index (χ3v) is 3.94. The van der Waals surface area contributed by atoms with Gasteiger partial charge in [0.05, 0.1) is 36.7 Å². The Hall–Kier alpha value is -0.910. The first kappa shape index (κ1) is 16.5. The Bertz CT molecular complexity index is 427. The van der Waals surface area contributed by atoms with Gasteiger partial charge in [-0.25, -0.2) is 0 Å². The van der Waals surface area contributed by atoms with Gasteiger partial charge in [-0.15, -0.1) is 0 Å². The molecule has 0 aromatic carbocycles. The summed E-state index contributed by atoms with van der Waals surface area (Å²) in [5.74, 6) is 0. The smallest absolute Gasteiger partial charge is 0.0940 e. The molecule has 1 atom stereocenters. The maximum Gasteiger partial charge on any atom is 0.0940 e. The molecule has 0 aliphatic carbocycles. The predicted molar refractivity (Wildman–Crippen MR) is 83.3 cm³/mol. The number of nitrogens with one attached hydrogen (secondary N) is 1. The molecule has 1 aliphatic heterocycles. The summed E-state index contributed by atoms with van der Waals surface area (Å²) in [6.45, 7) is 11.5. The Morgan fingerprint density at radius 3 is 2.90 bits per heavy atom. The fourth-order valence-electron chi connectivity index (χ4n) is 2.78. The highest BCUT2D eigenvalue weighted by Crippen LogP contribution is 2.17. The van der Waals surface area contributed by atoms with Gasteiger partial charge in [0.1, 0.15) is 0 Å². The van der Waals surface area contributed by atoms with Crippen LogP contribution in [0.25, 0.3) is 0 Å². The fourth-order valence-corrected chi connectivity index (χ4v) is 2.78. The highest BCUT2D eigenvalue weighted by molar-refractivity contribution is 4.98. The molecular formula is C16H29N3O2. The Morgan fingerprint density at radius 2 is 2.24 bits per heavy atom. The summed E-state index contributed by atoms with van der Waals surface area (Å²) in [5.41, 5.74) is 0.883. The van der Waals surface area contributed by atoms with Crippen molar-refractivity contribution in [2.45, 2.75) is 64.9 Å². The molecule has 2 heterocycles. The summed E-state index contributed by atoms with van der Waals surface area (Å²) < 4.78 is 13.8. The maximum atomic E-state index is 5.98. The third kappa shape index (κ3) is 4.80. The second-order valence-electron chi connectivity index (χ2n) is 6.40. The van der Waals surface area contributed by atoms with Gasteiger partial charge in [-0.2, -0.15) is 5.10 Å². The lowest BCUT2D eigenvalue weighted by Gasteiger charge is -2.36. The largest absolute Gasteiger partial charge is 0.372 e. The standard InChI is InChI=1S/C16H29N3O2/c1-5-14(6-2)19-8-7-13(18-19)10-20-11-15-9-17-12-16(3,4)21-15/h7-8,14-15,17H,5-6,9-12H2,1-4H3. The minimum atomic E-state index is -0.108. The van der Waals surface area contributed by atoms with E-state index in [9.17, 15) is 0 Å². The lowest BCUT2D eigenvalue weighted by molar-refractivity contribution is -0.122. The van der Waals surface area contributed by atoms with Crippen molar-refractivity contribution in [2.75, 3.05) is 19.7 Å². The van der Waals surface area contributed by atoms with Gasteiger partial charge in [0.2, 0.25) is 0 Å². The third-order valence-electron chi connectivity index (χ3n) is 3.94. The Labute approximate surface area is 128 Å². The number of ether oxygens (including phenoxy) is 2. The first-order chi connectivity index (χ1) is 10.0. The average molecular weight is 295 g/mol. The normalized spacial score (nSPS) is 21.9. The van der Waals surface area contributed by atoms with Gasteiger partial charge >= 0.3 is 0 Å². The van der Waals surface area contributed by atoms with E-state index in [1.807, 2.05) is 6.07 Å². The van der Waals surface area contributed by atoms with Gasteiger partial charge in [0.15, 0.2) is 0 Å². The zero-order chi connectivity index (χ0) is 15.3. The van der Waals surface area contributed by atoms with Crippen molar-refractivity contribution in [1.82, 2.24) is 15.1 Å². The second-order valence-corrected chi connectivity index (χ2v) is 6.40. The SMILES string of the molecule is CCC(CC)n1ccc(COCC2CNCC(C)(C)O2)n1. The van der Waals surface area contributed by atoms with Gasteiger partial charge in [0, 0.05) is 19.3 Å². The molecule has 120 valence electrons. The topological polar surface area (TPSA) is 48.3 Å². The van der Waals surface area contributed by atoms with Crippen LogP contribution < -0.4 is 5.32 Å². The van der Waals surface area contributed by atoms with Crippen molar-refractivity contribution < 1.29 is 9.47 Å². The van der Waals surface area contributed by atoms with Crippen molar-refractivity contribution in [3.05, 3.63) is 18.0 Å². The molecule has 0 amide bonds. The van der Waals surface area contributed by atoms with Crippen molar-refractivity contribution >= 4 is 0 Å². The minimum Gasteiger partial charge on any atom is -0.372 e. The predicted octanol–water partition coefficient (Wildman–Crippen LogP) is 2.53. The monoisotopic (exact) mass is 295 g/mol. The van der Waals surface area contributed by atoms with Crippen LogP contribution >= 0.6 is 0 Å². The number of nitrogens with zero attached hydrogens (tertiary/aromatic N) is 2. The molecular weight excluding hydrogens is 266 g/mol. The van der Waals surface area contributed by atoms with Gasteiger partial charge in [-0.3, -0.25) is 4.68 Å². The van der Waals surface area contributed by atoms with Crippen LogP contribution in [0.2, 0.25) is 0 Å². The molecule has 0 saturated carbocycles. The van der Waals surface area contributed by atoms with Crippen molar-refractivity contribution in [3.8, 4) is 0 Å². The molecule has 1 saturated heterocycles. The summed E-state index contributed by atoms with van der Waals surface area (Å²) in [6.07, 6.45) is 4.39. The summed E-state index contributed by atoms with van der Waals surface area (Å²) in [6, 6.07) is 2.54. The molecule has 0 bridgehead atoms. The van der Waals surface area contributed by atoms with Gasteiger partial charge in [0.25, 0.3) is 0 Å². The molecule has 1 aliphatic rings. The highest BCUT2D eigenvalue weighted by atomic mass is 16.5. The van der Waals surface area contributed by atoms with E-state index in [2.05, 4.69) is 49.0 Å². The van der Waals surface area contributed by atoms with Crippen LogP contribution in [0, 0.1) is 0 Å². The van der Waals surface area contributed by atoms with Crippen LogP contribution in [0.15, 0.2) is 12.3 Å². The molecule has 1 N–H and O–H groups in total. The van der Waals surface area contributed by atoms with Crippen molar-refractivity contribution in [3.63, 3.8) is 0 Å². The van der Waals surface area contributed by atoms with E-state index in [0.717, 1.165) is 31.6 Å². The average Bonchev–Trinajstić information content (AvgIpc) is 2.88. The van der Waals surface area contributed by atoms with Gasteiger partial charge in [-0.05, 0) is 32.8 Å². The Kier molecular flexibility index (Phi) is 5.79. The number of aromatic nitrogens is 2. The first-order valence-electron chi connectivity index (χ1n) is 8.04.